The van der Waals surface area contributed by atoms with E-state index in [0.29, 0.717) is 23.7 Å². The number of amides is 1. The molecule has 0 bridgehead atoms. The number of hydrogen-bond acceptors (Lipinski definition) is 4. The first-order chi connectivity index (χ1) is 14.9. The summed E-state index contributed by atoms with van der Waals surface area (Å²) in [6.07, 6.45) is 5.99. The molecule has 0 aliphatic heterocycles. The Morgan fingerprint density at radius 2 is 1.84 bits per heavy atom. The highest BCUT2D eigenvalue weighted by Gasteiger charge is 2.30. The van der Waals surface area contributed by atoms with Gasteiger partial charge in [0, 0.05) is 29.7 Å². The molecule has 0 aromatic heterocycles. The van der Waals surface area contributed by atoms with Crippen LogP contribution >= 0.6 is 23.2 Å². The molecule has 6 nitrogen and oxygen atoms in total. The van der Waals surface area contributed by atoms with Gasteiger partial charge in [-0.2, -0.15) is 0 Å². The second-order valence-electron chi connectivity index (χ2n) is 7.91. The first kappa shape index (κ1) is 23.4. The minimum Gasteiger partial charge on any atom is -0.372 e. The first-order valence-corrected chi connectivity index (χ1v) is 11.4. The zero-order valence-corrected chi connectivity index (χ0v) is 19.0. The van der Waals surface area contributed by atoms with Crippen molar-refractivity contribution in [1.82, 2.24) is 4.90 Å². The molecule has 1 saturated carbocycles. The van der Waals surface area contributed by atoms with Crippen LogP contribution < -0.4 is 5.32 Å². The average Bonchev–Trinajstić information content (AvgIpc) is 2.78. The summed E-state index contributed by atoms with van der Waals surface area (Å²) < 4.78 is 0. The number of halogens is 2. The maximum atomic E-state index is 13.6. The number of nitro benzene ring substituents is 1. The van der Waals surface area contributed by atoms with Crippen molar-refractivity contribution in [3.05, 3.63) is 68.2 Å². The summed E-state index contributed by atoms with van der Waals surface area (Å²) in [7, 11) is 0. The van der Waals surface area contributed by atoms with Gasteiger partial charge in [0.2, 0.25) is 5.91 Å². The maximum Gasteiger partial charge on any atom is 0.271 e. The summed E-state index contributed by atoms with van der Waals surface area (Å²) >= 11 is 12.3. The van der Waals surface area contributed by atoms with Crippen LogP contribution in [0.25, 0.3) is 0 Å². The molecule has 1 N–H and O–H groups in total. The first-order valence-electron chi connectivity index (χ1n) is 10.6. The second kappa shape index (κ2) is 10.8. The third-order valence-electron chi connectivity index (χ3n) is 5.76. The molecule has 1 aliphatic carbocycles. The van der Waals surface area contributed by atoms with Crippen LogP contribution in [0.4, 0.5) is 11.4 Å². The molecule has 1 atom stereocenters. The second-order valence-corrected chi connectivity index (χ2v) is 8.75. The highest BCUT2D eigenvalue weighted by atomic mass is 35.5. The lowest BCUT2D eigenvalue weighted by Crippen LogP contribution is -2.48. The van der Waals surface area contributed by atoms with E-state index in [2.05, 4.69) is 5.32 Å². The minimum absolute atomic E-state index is 0.0127. The van der Waals surface area contributed by atoms with E-state index in [9.17, 15) is 14.9 Å². The lowest BCUT2D eigenvalue weighted by Gasteiger charge is -2.37. The van der Waals surface area contributed by atoms with Crippen molar-refractivity contribution < 1.29 is 9.72 Å². The quantitative estimate of drug-likeness (QED) is 0.360. The number of carbonyl (C=O) groups excluding carboxylic acids is 1. The summed E-state index contributed by atoms with van der Waals surface area (Å²) in [5.74, 6) is 0.0127. The van der Waals surface area contributed by atoms with Crippen molar-refractivity contribution in [1.29, 1.82) is 0 Å². The Morgan fingerprint density at radius 1 is 1.16 bits per heavy atom. The van der Waals surface area contributed by atoms with E-state index in [1.807, 2.05) is 36.1 Å². The van der Waals surface area contributed by atoms with Gasteiger partial charge >= 0.3 is 0 Å². The summed E-state index contributed by atoms with van der Waals surface area (Å²) in [5, 5.41) is 15.1. The molecule has 3 rings (SSSR count). The van der Waals surface area contributed by atoms with E-state index in [0.717, 1.165) is 31.2 Å². The summed E-state index contributed by atoms with van der Waals surface area (Å²) in [6, 6.07) is 11.5. The Kier molecular flexibility index (Phi) is 8.15. The fourth-order valence-corrected chi connectivity index (χ4v) is 4.38. The highest BCUT2D eigenvalue weighted by molar-refractivity contribution is 6.33. The standard InChI is InChI=1S/C23H27Cl2N3O3/c1-2-21(26-22-13-12-19(28(30)31)14-20(22)25)23(29)27(18-6-4-3-5-7-18)15-16-8-10-17(24)11-9-16/h8-14,18,21,26H,2-7,15H2,1H3. The number of hydrogen-bond donors (Lipinski definition) is 1. The van der Waals surface area contributed by atoms with E-state index in [-0.39, 0.29) is 22.7 Å². The van der Waals surface area contributed by atoms with Crippen LogP contribution in [0.2, 0.25) is 10.0 Å². The van der Waals surface area contributed by atoms with Crippen LogP contribution in [0.5, 0.6) is 0 Å². The van der Waals surface area contributed by atoms with Gasteiger partial charge in [-0.05, 0) is 43.0 Å². The molecule has 0 saturated heterocycles. The zero-order chi connectivity index (χ0) is 22.4. The van der Waals surface area contributed by atoms with Gasteiger partial charge in [-0.25, -0.2) is 0 Å². The van der Waals surface area contributed by atoms with Crippen molar-refractivity contribution in [2.45, 2.75) is 64.1 Å². The number of non-ortho nitro benzene ring substituents is 1. The fraction of sp³-hybridized carbons (Fsp3) is 0.435. The fourth-order valence-electron chi connectivity index (χ4n) is 4.03. The van der Waals surface area contributed by atoms with Gasteiger partial charge in [-0.3, -0.25) is 14.9 Å². The molecule has 1 fully saturated rings. The molecule has 2 aromatic carbocycles. The lowest BCUT2D eigenvalue weighted by molar-refractivity contribution is -0.384. The van der Waals surface area contributed by atoms with Crippen molar-refractivity contribution in [2.24, 2.45) is 0 Å². The number of nitro groups is 1. The third-order valence-corrected chi connectivity index (χ3v) is 6.33. The molecule has 1 unspecified atom stereocenters. The minimum atomic E-state index is -0.491. The molecule has 2 aromatic rings. The van der Waals surface area contributed by atoms with Crippen LogP contribution in [0.1, 0.15) is 51.0 Å². The van der Waals surface area contributed by atoms with Crippen molar-refractivity contribution in [3.8, 4) is 0 Å². The number of benzene rings is 2. The average molecular weight is 464 g/mol. The molecule has 166 valence electrons. The smallest absolute Gasteiger partial charge is 0.271 e. The zero-order valence-electron chi connectivity index (χ0n) is 17.5. The van der Waals surface area contributed by atoms with Crippen LogP contribution in [0.15, 0.2) is 42.5 Å². The van der Waals surface area contributed by atoms with Gasteiger partial charge in [0.25, 0.3) is 5.69 Å². The van der Waals surface area contributed by atoms with E-state index in [1.54, 1.807) is 6.07 Å². The van der Waals surface area contributed by atoms with Gasteiger partial charge in [0.05, 0.1) is 15.6 Å². The molecule has 0 radical (unpaired) electrons. The van der Waals surface area contributed by atoms with E-state index >= 15 is 0 Å². The number of carbonyl (C=O) groups is 1. The van der Waals surface area contributed by atoms with Crippen LogP contribution in [0.3, 0.4) is 0 Å². The van der Waals surface area contributed by atoms with E-state index < -0.39 is 11.0 Å². The van der Waals surface area contributed by atoms with Gasteiger partial charge < -0.3 is 10.2 Å². The summed E-state index contributed by atoms with van der Waals surface area (Å²) in [6.45, 7) is 2.46. The van der Waals surface area contributed by atoms with Crippen LogP contribution in [-0.2, 0) is 11.3 Å². The Morgan fingerprint density at radius 3 is 2.42 bits per heavy atom. The Bertz CT molecular complexity index is 915. The lowest BCUT2D eigenvalue weighted by atomic mass is 9.93. The van der Waals surface area contributed by atoms with Gasteiger partial charge in [-0.1, -0.05) is 61.5 Å². The number of anilines is 1. The molecule has 8 heteroatoms. The summed E-state index contributed by atoms with van der Waals surface area (Å²) in [4.78, 5) is 26.1. The predicted octanol–water partition coefficient (Wildman–Crippen LogP) is 6.45. The predicted molar refractivity (Wildman–Crippen MR) is 125 cm³/mol. The topological polar surface area (TPSA) is 75.5 Å². The SMILES string of the molecule is CCC(Nc1ccc([N+](=O)[O-])cc1Cl)C(=O)N(Cc1ccc(Cl)cc1)C1CCCCC1. The molecule has 31 heavy (non-hydrogen) atoms. The number of nitrogens with one attached hydrogen (secondary N) is 1. The number of nitrogens with zero attached hydrogens (tertiary/aromatic N) is 2. The largest absolute Gasteiger partial charge is 0.372 e. The van der Waals surface area contributed by atoms with Crippen LogP contribution in [0, 0.1) is 10.1 Å². The Balaban J connectivity index is 1.81. The molecule has 1 aliphatic rings. The monoisotopic (exact) mass is 463 g/mol. The summed E-state index contributed by atoms with van der Waals surface area (Å²) in [5.41, 5.74) is 1.47. The van der Waals surface area contributed by atoms with Gasteiger partial charge in [-0.15, -0.1) is 0 Å². The normalized spacial score (nSPS) is 15.3. The van der Waals surface area contributed by atoms with E-state index in [1.165, 1.54) is 18.6 Å². The number of rotatable bonds is 8. The molecule has 1 amide bonds. The third kappa shape index (κ3) is 6.11. The molecule has 0 spiro atoms. The van der Waals surface area contributed by atoms with Gasteiger partial charge in [0.15, 0.2) is 0 Å². The van der Waals surface area contributed by atoms with E-state index in [4.69, 9.17) is 23.2 Å². The van der Waals surface area contributed by atoms with Crippen molar-refractivity contribution >= 4 is 40.5 Å². The van der Waals surface area contributed by atoms with Crippen LogP contribution in [-0.4, -0.2) is 27.8 Å². The Hall–Kier alpha value is -2.31. The molecular weight excluding hydrogens is 437 g/mol. The Labute approximate surface area is 192 Å². The van der Waals surface area contributed by atoms with Gasteiger partial charge in [0.1, 0.15) is 6.04 Å². The van der Waals surface area contributed by atoms with Crippen molar-refractivity contribution in [3.63, 3.8) is 0 Å². The highest BCUT2D eigenvalue weighted by Crippen LogP contribution is 2.29. The maximum absolute atomic E-state index is 13.6. The molecule has 0 heterocycles. The van der Waals surface area contributed by atoms with Crippen molar-refractivity contribution in [2.75, 3.05) is 5.32 Å². The molecular formula is C23H27Cl2N3O3.